The minimum absolute atomic E-state index is 0.0557. The minimum Gasteiger partial charge on any atom is -0.398 e. The van der Waals surface area contributed by atoms with Crippen molar-refractivity contribution in [2.45, 2.75) is 49.5 Å². The Kier molecular flexibility index (Phi) is 3.92. The molecular weight excluding hydrogens is 291 g/mol. The molecule has 3 rings (SSSR count). The molecule has 1 heterocycles. The molecule has 2 N–H and O–H groups in total. The molecule has 0 spiro atoms. The zero-order valence-corrected chi connectivity index (χ0v) is 12.8. The first kappa shape index (κ1) is 14.8. The normalized spacial score (nSPS) is 24.7. The molecule has 2 aliphatic rings. The first-order valence-electron chi connectivity index (χ1n) is 7.57. The van der Waals surface area contributed by atoms with Gasteiger partial charge < -0.3 is 5.73 Å². The third-order valence-electron chi connectivity index (χ3n) is 4.75. The number of halogens is 1. The standard InChI is InChI=1S/C15H21FN2O2S/c16-12-7-8-13(17)15(10-12)21(19,20)18-9-3-6-14(18)11-4-1-2-5-11/h7-8,10-11,14H,1-6,9,17H2. The molecule has 1 saturated heterocycles. The van der Waals surface area contributed by atoms with Crippen LogP contribution in [0.1, 0.15) is 38.5 Å². The highest BCUT2D eigenvalue weighted by molar-refractivity contribution is 7.89. The second kappa shape index (κ2) is 5.57. The highest BCUT2D eigenvalue weighted by atomic mass is 32.2. The van der Waals surface area contributed by atoms with E-state index in [1.54, 1.807) is 4.31 Å². The van der Waals surface area contributed by atoms with Gasteiger partial charge in [0.1, 0.15) is 10.7 Å². The number of rotatable bonds is 3. The van der Waals surface area contributed by atoms with Gasteiger partial charge in [0, 0.05) is 12.6 Å². The van der Waals surface area contributed by atoms with Crippen molar-refractivity contribution in [3.63, 3.8) is 0 Å². The Labute approximate surface area is 125 Å². The van der Waals surface area contributed by atoms with Gasteiger partial charge in [-0.1, -0.05) is 12.8 Å². The average Bonchev–Trinajstić information content (AvgIpc) is 3.10. The van der Waals surface area contributed by atoms with Crippen molar-refractivity contribution in [1.82, 2.24) is 4.31 Å². The SMILES string of the molecule is Nc1ccc(F)cc1S(=O)(=O)N1CCCC1C1CCCC1. The molecule has 21 heavy (non-hydrogen) atoms. The molecule has 1 atom stereocenters. The van der Waals surface area contributed by atoms with Gasteiger partial charge in [-0.25, -0.2) is 12.8 Å². The summed E-state index contributed by atoms with van der Waals surface area (Å²) in [7, 11) is -3.71. The quantitative estimate of drug-likeness (QED) is 0.873. The van der Waals surface area contributed by atoms with Crippen LogP contribution in [0.4, 0.5) is 10.1 Å². The number of nitrogens with two attached hydrogens (primary N) is 1. The Morgan fingerprint density at radius 2 is 1.86 bits per heavy atom. The Morgan fingerprint density at radius 1 is 1.14 bits per heavy atom. The van der Waals surface area contributed by atoms with Gasteiger partial charge in [0.25, 0.3) is 0 Å². The van der Waals surface area contributed by atoms with Crippen LogP contribution < -0.4 is 5.73 Å². The lowest BCUT2D eigenvalue weighted by atomic mass is 9.97. The van der Waals surface area contributed by atoms with E-state index in [1.807, 2.05) is 0 Å². The van der Waals surface area contributed by atoms with Crippen molar-refractivity contribution in [3.05, 3.63) is 24.0 Å². The van der Waals surface area contributed by atoms with Gasteiger partial charge in [-0.3, -0.25) is 0 Å². The second-order valence-corrected chi connectivity index (χ2v) is 7.91. The van der Waals surface area contributed by atoms with E-state index in [2.05, 4.69) is 0 Å². The number of sulfonamides is 1. The Morgan fingerprint density at radius 3 is 2.57 bits per heavy atom. The maximum atomic E-state index is 13.4. The van der Waals surface area contributed by atoms with E-state index in [1.165, 1.54) is 25.0 Å². The second-order valence-electron chi connectivity index (χ2n) is 6.05. The van der Waals surface area contributed by atoms with Gasteiger partial charge in [-0.15, -0.1) is 0 Å². The molecule has 2 fully saturated rings. The molecule has 6 heteroatoms. The zero-order valence-electron chi connectivity index (χ0n) is 12.0. The third-order valence-corrected chi connectivity index (χ3v) is 6.73. The Balaban J connectivity index is 1.95. The molecule has 1 aromatic rings. The molecule has 116 valence electrons. The predicted octanol–water partition coefficient (Wildman–Crippen LogP) is 2.75. The fraction of sp³-hybridized carbons (Fsp3) is 0.600. The smallest absolute Gasteiger partial charge is 0.245 e. The lowest BCUT2D eigenvalue weighted by molar-refractivity contribution is 0.288. The number of hydrogen-bond acceptors (Lipinski definition) is 3. The summed E-state index contributed by atoms with van der Waals surface area (Å²) in [6.45, 7) is 0.513. The molecule has 1 saturated carbocycles. The molecule has 0 amide bonds. The van der Waals surface area contributed by atoms with E-state index < -0.39 is 15.8 Å². The van der Waals surface area contributed by atoms with Gasteiger partial charge in [0.05, 0.1) is 5.69 Å². The van der Waals surface area contributed by atoms with Gasteiger partial charge in [-0.05, 0) is 49.8 Å². The molecule has 1 aliphatic carbocycles. The Bertz CT molecular complexity index is 627. The summed E-state index contributed by atoms with van der Waals surface area (Å²) < 4.78 is 40.7. The molecule has 4 nitrogen and oxygen atoms in total. The molecule has 1 aromatic carbocycles. The Hall–Kier alpha value is -1.14. The lowest BCUT2D eigenvalue weighted by Crippen LogP contribution is -2.39. The molecule has 1 unspecified atom stereocenters. The van der Waals surface area contributed by atoms with Crippen LogP contribution in [0.15, 0.2) is 23.1 Å². The summed E-state index contributed by atoms with van der Waals surface area (Å²) in [4.78, 5) is -0.0904. The largest absolute Gasteiger partial charge is 0.398 e. The topological polar surface area (TPSA) is 63.4 Å². The van der Waals surface area contributed by atoms with Crippen molar-refractivity contribution in [3.8, 4) is 0 Å². The van der Waals surface area contributed by atoms with Crippen molar-refractivity contribution >= 4 is 15.7 Å². The van der Waals surface area contributed by atoms with Crippen molar-refractivity contribution in [1.29, 1.82) is 0 Å². The monoisotopic (exact) mass is 312 g/mol. The maximum Gasteiger partial charge on any atom is 0.245 e. The number of hydrogen-bond donors (Lipinski definition) is 1. The van der Waals surface area contributed by atoms with E-state index >= 15 is 0 Å². The van der Waals surface area contributed by atoms with Crippen molar-refractivity contribution in [2.75, 3.05) is 12.3 Å². The van der Waals surface area contributed by atoms with Crippen LogP contribution in [-0.4, -0.2) is 25.3 Å². The van der Waals surface area contributed by atoms with E-state index in [0.29, 0.717) is 12.5 Å². The molecule has 0 radical (unpaired) electrons. The highest BCUT2D eigenvalue weighted by Gasteiger charge is 2.40. The molecule has 0 aromatic heterocycles. The fourth-order valence-electron chi connectivity index (χ4n) is 3.74. The van der Waals surface area contributed by atoms with Crippen LogP contribution in [0.25, 0.3) is 0 Å². The molecule has 0 bridgehead atoms. The van der Waals surface area contributed by atoms with E-state index in [4.69, 9.17) is 5.73 Å². The summed E-state index contributed by atoms with van der Waals surface area (Å²) in [5.41, 5.74) is 5.89. The van der Waals surface area contributed by atoms with E-state index in [9.17, 15) is 12.8 Å². The summed E-state index contributed by atoms with van der Waals surface area (Å²) >= 11 is 0. The number of anilines is 1. The average molecular weight is 312 g/mol. The van der Waals surface area contributed by atoms with Crippen LogP contribution in [0, 0.1) is 11.7 Å². The summed E-state index contributed by atoms with van der Waals surface area (Å²) in [5, 5.41) is 0. The van der Waals surface area contributed by atoms with Crippen LogP contribution in [0.5, 0.6) is 0 Å². The van der Waals surface area contributed by atoms with Crippen molar-refractivity contribution in [2.24, 2.45) is 5.92 Å². The van der Waals surface area contributed by atoms with Gasteiger partial charge >= 0.3 is 0 Å². The van der Waals surface area contributed by atoms with Gasteiger partial charge in [0.2, 0.25) is 10.0 Å². The first-order valence-corrected chi connectivity index (χ1v) is 9.01. The summed E-state index contributed by atoms with van der Waals surface area (Å²) in [6.07, 6.45) is 6.31. The zero-order chi connectivity index (χ0) is 15.0. The third kappa shape index (κ3) is 2.66. The minimum atomic E-state index is -3.71. The van der Waals surface area contributed by atoms with Crippen LogP contribution in [0.2, 0.25) is 0 Å². The fourth-order valence-corrected chi connectivity index (χ4v) is 5.62. The van der Waals surface area contributed by atoms with E-state index in [-0.39, 0.29) is 16.6 Å². The van der Waals surface area contributed by atoms with E-state index in [0.717, 1.165) is 31.7 Å². The maximum absolute atomic E-state index is 13.4. The molecule has 1 aliphatic heterocycles. The van der Waals surface area contributed by atoms with Gasteiger partial charge in [0.15, 0.2) is 0 Å². The van der Waals surface area contributed by atoms with Crippen LogP contribution in [0.3, 0.4) is 0 Å². The van der Waals surface area contributed by atoms with Crippen molar-refractivity contribution < 1.29 is 12.8 Å². The lowest BCUT2D eigenvalue weighted by Gasteiger charge is -2.29. The summed E-state index contributed by atoms with van der Waals surface area (Å²) in [6, 6.07) is 3.60. The van der Waals surface area contributed by atoms with Crippen LogP contribution >= 0.6 is 0 Å². The van der Waals surface area contributed by atoms with Crippen LogP contribution in [-0.2, 0) is 10.0 Å². The number of nitrogen functional groups attached to an aromatic ring is 1. The van der Waals surface area contributed by atoms with Gasteiger partial charge in [-0.2, -0.15) is 4.31 Å². The molecular formula is C15H21FN2O2S. The summed E-state index contributed by atoms with van der Waals surface area (Å²) in [5.74, 6) is -0.128. The first-order chi connectivity index (χ1) is 10.00. The highest BCUT2D eigenvalue weighted by Crippen LogP contribution is 2.38. The number of benzene rings is 1. The predicted molar refractivity (Wildman–Crippen MR) is 79.7 cm³/mol. The number of nitrogens with zero attached hydrogens (tertiary/aromatic N) is 1.